The van der Waals surface area contributed by atoms with Gasteiger partial charge < -0.3 is 9.26 Å². The summed E-state index contributed by atoms with van der Waals surface area (Å²) in [5.74, 6) is 1.59. The molecule has 0 spiro atoms. The van der Waals surface area contributed by atoms with Crippen molar-refractivity contribution in [2.24, 2.45) is 0 Å². The van der Waals surface area contributed by atoms with Gasteiger partial charge in [0.25, 0.3) is 5.89 Å². The van der Waals surface area contributed by atoms with Gasteiger partial charge in [0, 0.05) is 12.6 Å². The van der Waals surface area contributed by atoms with Gasteiger partial charge >= 0.3 is 0 Å². The maximum atomic E-state index is 5.82. The van der Waals surface area contributed by atoms with Gasteiger partial charge in [0.05, 0.1) is 0 Å². The van der Waals surface area contributed by atoms with Crippen LogP contribution in [0.4, 0.5) is 0 Å². The highest BCUT2D eigenvalue weighted by atomic mass is 35.5. The van der Waals surface area contributed by atoms with E-state index in [1.165, 1.54) is 0 Å². The lowest BCUT2D eigenvalue weighted by Crippen LogP contribution is -1.97. The Kier molecular flexibility index (Phi) is 3.36. The highest BCUT2D eigenvalue weighted by Crippen LogP contribution is 2.21. The van der Waals surface area contributed by atoms with Crippen LogP contribution in [0, 0.1) is 0 Å². The number of hydrogen-bond donors (Lipinski definition) is 0. The average Bonchev–Trinajstić information content (AvgIpc) is 2.76. The summed E-state index contributed by atoms with van der Waals surface area (Å²) in [6, 6.07) is 3.47. The standard InChI is InChI=1S/C10H10ClN3O2/c1-2-8-13-9(16-14-8)6-15-7-4-3-5-12-10(7)11/h3-5H,2,6H2,1H3. The fourth-order valence-corrected chi connectivity index (χ4v) is 1.28. The molecule has 0 N–H and O–H groups in total. The zero-order valence-electron chi connectivity index (χ0n) is 8.68. The lowest BCUT2D eigenvalue weighted by atomic mass is 10.4. The molecule has 2 aromatic rings. The zero-order valence-corrected chi connectivity index (χ0v) is 9.44. The molecule has 0 radical (unpaired) electrons. The van der Waals surface area contributed by atoms with E-state index in [0.717, 1.165) is 6.42 Å². The maximum absolute atomic E-state index is 5.82. The Balaban J connectivity index is 1.99. The van der Waals surface area contributed by atoms with E-state index < -0.39 is 0 Å². The van der Waals surface area contributed by atoms with Gasteiger partial charge in [-0.15, -0.1) is 0 Å². The smallest absolute Gasteiger partial charge is 0.264 e. The largest absolute Gasteiger partial charge is 0.481 e. The molecule has 0 aliphatic carbocycles. The van der Waals surface area contributed by atoms with Crippen LogP contribution in [0.2, 0.25) is 5.15 Å². The predicted molar refractivity (Wildman–Crippen MR) is 57.3 cm³/mol. The summed E-state index contributed by atoms with van der Waals surface area (Å²) in [6.45, 7) is 2.14. The van der Waals surface area contributed by atoms with Gasteiger partial charge in [0.2, 0.25) is 0 Å². The van der Waals surface area contributed by atoms with Gasteiger partial charge in [0.1, 0.15) is 0 Å². The number of pyridine rings is 1. The minimum Gasteiger partial charge on any atom is -0.481 e. The molecule has 0 saturated carbocycles. The Morgan fingerprint density at radius 1 is 1.50 bits per heavy atom. The van der Waals surface area contributed by atoms with E-state index in [9.17, 15) is 0 Å². The lowest BCUT2D eigenvalue weighted by Gasteiger charge is -2.03. The van der Waals surface area contributed by atoms with E-state index in [1.54, 1.807) is 18.3 Å². The molecular formula is C10H10ClN3O2. The van der Waals surface area contributed by atoms with E-state index in [1.807, 2.05) is 6.92 Å². The van der Waals surface area contributed by atoms with Crippen molar-refractivity contribution in [2.75, 3.05) is 0 Å². The first-order chi connectivity index (χ1) is 7.79. The molecule has 2 heterocycles. The summed E-state index contributed by atoms with van der Waals surface area (Å²) in [5.41, 5.74) is 0. The van der Waals surface area contributed by atoms with E-state index in [-0.39, 0.29) is 6.61 Å². The van der Waals surface area contributed by atoms with Crippen LogP contribution in [0.15, 0.2) is 22.9 Å². The molecular weight excluding hydrogens is 230 g/mol. The number of rotatable bonds is 4. The van der Waals surface area contributed by atoms with Crippen LogP contribution in [-0.2, 0) is 13.0 Å². The molecule has 0 fully saturated rings. The van der Waals surface area contributed by atoms with Crippen LogP contribution < -0.4 is 4.74 Å². The zero-order chi connectivity index (χ0) is 11.4. The second-order valence-electron chi connectivity index (χ2n) is 3.04. The third-order valence-electron chi connectivity index (χ3n) is 1.90. The summed E-state index contributed by atoms with van der Waals surface area (Å²) in [7, 11) is 0. The predicted octanol–water partition coefficient (Wildman–Crippen LogP) is 2.26. The molecule has 0 bridgehead atoms. The normalized spacial score (nSPS) is 10.4. The van der Waals surface area contributed by atoms with Crippen molar-refractivity contribution in [1.29, 1.82) is 0 Å². The highest BCUT2D eigenvalue weighted by Gasteiger charge is 2.07. The van der Waals surface area contributed by atoms with Crippen molar-refractivity contribution in [1.82, 2.24) is 15.1 Å². The molecule has 2 aromatic heterocycles. The van der Waals surface area contributed by atoms with Crippen molar-refractivity contribution in [2.45, 2.75) is 20.0 Å². The van der Waals surface area contributed by atoms with Gasteiger partial charge in [-0.2, -0.15) is 4.98 Å². The first kappa shape index (κ1) is 10.9. The van der Waals surface area contributed by atoms with Crippen molar-refractivity contribution >= 4 is 11.6 Å². The van der Waals surface area contributed by atoms with E-state index in [2.05, 4.69) is 15.1 Å². The monoisotopic (exact) mass is 239 g/mol. The van der Waals surface area contributed by atoms with Crippen molar-refractivity contribution in [3.05, 3.63) is 35.2 Å². The number of aromatic nitrogens is 3. The molecule has 0 aliphatic heterocycles. The lowest BCUT2D eigenvalue weighted by molar-refractivity contribution is 0.242. The number of aryl methyl sites for hydroxylation is 1. The van der Waals surface area contributed by atoms with Crippen molar-refractivity contribution < 1.29 is 9.26 Å². The Morgan fingerprint density at radius 3 is 3.06 bits per heavy atom. The fraction of sp³-hybridized carbons (Fsp3) is 0.300. The van der Waals surface area contributed by atoms with E-state index >= 15 is 0 Å². The molecule has 84 valence electrons. The second-order valence-corrected chi connectivity index (χ2v) is 3.40. The van der Waals surface area contributed by atoms with Crippen LogP contribution in [0.5, 0.6) is 5.75 Å². The van der Waals surface area contributed by atoms with E-state index in [4.69, 9.17) is 20.9 Å². The van der Waals surface area contributed by atoms with Gasteiger partial charge in [0.15, 0.2) is 23.3 Å². The summed E-state index contributed by atoms with van der Waals surface area (Å²) in [5, 5.41) is 4.07. The summed E-state index contributed by atoms with van der Waals surface area (Å²) in [6.07, 6.45) is 2.33. The molecule has 2 rings (SSSR count). The Hall–Kier alpha value is -1.62. The Morgan fingerprint density at radius 2 is 2.38 bits per heavy atom. The van der Waals surface area contributed by atoms with Crippen molar-refractivity contribution in [3.8, 4) is 5.75 Å². The second kappa shape index (κ2) is 4.94. The third-order valence-corrected chi connectivity index (χ3v) is 2.19. The van der Waals surface area contributed by atoms with Crippen LogP contribution in [0.1, 0.15) is 18.6 Å². The Bertz CT molecular complexity index is 473. The molecule has 0 amide bonds. The van der Waals surface area contributed by atoms with Gasteiger partial charge in [-0.25, -0.2) is 4.98 Å². The quantitative estimate of drug-likeness (QED) is 0.766. The van der Waals surface area contributed by atoms with Gasteiger partial charge in [-0.1, -0.05) is 23.7 Å². The van der Waals surface area contributed by atoms with Crippen LogP contribution in [0.25, 0.3) is 0 Å². The molecule has 16 heavy (non-hydrogen) atoms. The minimum atomic E-state index is 0.193. The first-order valence-electron chi connectivity index (χ1n) is 4.84. The first-order valence-corrected chi connectivity index (χ1v) is 5.22. The fourth-order valence-electron chi connectivity index (χ4n) is 1.11. The Labute approximate surface area is 97.4 Å². The number of halogens is 1. The van der Waals surface area contributed by atoms with Gasteiger partial charge in [-0.05, 0) is 12.1 Å². The summed E-state index contributed by atoms with van der Waals surface area (Å²) < 4.78 is 10.4. The number of nitrogens with zero attached hydrogens (tertiary/aromatic N) is 3. The molecule has 0 saturated heterocycles. The van der Waals surface area contributed by atoms with Crippen molar-refractivity contribution in [3.63, 3.8) is 0 Å². The number of hydrogen-bond acceptors (Lipinski definition) is 5. The molecule has 6 heteroatoms. The molecule has 0 aliphatic rings. The molecule has 0 unspecified atom stereocenters. The summed E-state index contributed by atoms with van der Waals surface area (Å²) in [4.78, 5) is 7.99. The SMILES string of the molecule is CCc1noc(COc2cccnc2Cl)n1. The van der Waals surface area contributed by atoms with Crippen LogP contribution in [0.3, 0.4) is 0 Å². The van der Waals surface area contributed by atoms with Crippen LogP contribution in [-0.4, -0.2) is 15.1 Å². The third kappa shape index (κ3) is 2.49. The molecule has 0 atom stereocenters. The topological polar surface area (TPSA) is 61.0 Å². The highest BCUT2D eigenvalue weighted by molar-refractivity contribution is 6.30. The average molecular weight is 240 g/mol. The molecule has 5 nitrogen and oxygen atoms in total. The van der Waals surface area contributed by atoms with E-state index in [0.29, 0.717) is 22.6 Å². The molecule has 0 aromatic carbocycles. The maximum Gasteiger partial charge on any atom is 0.264 e. The number of ether oxygens (including phenoxy) is 1. The van der Waals surface area contributed by atoms with Crippen LogP contribution >= 0.6 is 11.6 Å². The summed E-state index contributed by atoms with van der Waals surface area (Å²) >= 11 is 5.82. The minimum absolute atomic E-state index is 0.193. The van der Waals surface area contributed by atoms with Gasteiger partial charge in [-0.3, -0.25) is 0 Å².